The molecule has 1 aromatic carbocycles. The van der Waals surface area contributed by atoms with Crippen molar-refractivity contribution in [3.05, 3.63) is 35.9 Å². The van der Waals surface area contributed by atoms with Gasteiger partial charge in [-0.2, -0.15) is 0 Å². The molecule has 1 saturated carbocycles. The standard InChI is InChI=1S/C14H17NO2/c1-14-11(16)8-5-9-12(14)17-15-13(14)10-6-3-2-4-7-10/h2-4,6-7,11-12,16H,5,8-9H2,1H3/t11-,12+,14-/m1/s1. The summed E-state index contributed by atoms with van der Waals surface area (Å²) < 4.78 is 0. The normalized spacial score (nSPS) is 36.0. The van der Waals surface area contributed by atoms with E-state index in [1.165, 1.54) is 0 Å². The molecule has 3 rings (SSSR count). The van der Waals surface area contributed by atoms with Crippen LogP contribution in [0.2, 0.25) is 0 Å². The molecule has 3 nitrogen and oxygen atoms in total. The molecular weight excluding hydrogens is 214 g/mol. The largest absolute Gasteiger partial charge is 0.392 e. The fraction of sp³-hybridized carbons (Fsp3) is 0.500. The van der Waals surface area contributed by atoms with Crippen LogP contribution in [0.1, 0.15) is 31.7 Å². The smallest absolute Gasteiger partial charge is 0.141 e. The molecule has 1 heterocycles. The first-order valence-corrected chi connectivity index (χ1v) is 6.20. The lowest BCUT2D eigenvalue weighted by molar-refractivity contribution is -0.0605. The number of benzene rings is 1. The molecule has 0 unspecified atom stereocenters. The highest BCUT2D eigenvalue weighted by molar-refractivity contribution is 6.05. The number of fused-ring (bicyclic) bond motifs is 1. The van der Waals surface area contributed by atoms with E-state index in [2.05, 4.69) is 12.1 Å². The van der Waals surface area contributed by atoms with Gasteiger partial charge in [0.25, 0.3) is 0 Å². The van der Waals surface area contributed by atoms with Crippen LogP contribution < -0.4 is 0 Å². The van der Waals surface area contributed by atoms with Crippen LogP contribution in [0.15, 0.2) is 35.5 Å². The van der Waals surface area contributed by atoms with Crippen LogP contribution in [0, 0.1) is 5.41 Å². The first-order chi connectivity index (χ1) is 8.23. The van der Waals surface area contributed by atoms with Crippen LogP contribution in [-0.4, -0.2) is 23.0 Å². The van der Waals surface area contributed by atoms with Crippen LogP contribution >= 0.6 is 0 Å². The molecule has 0 radical (unpaired) electrons. The van der Waals surface area contributed by atoms with E-state index in [-0.39, 0.29) is 17.6 Å². The molecule has 0 amide bonds. The summed E-state index contributed by atoms with van der Waals surface area (Å²) in [5.74, 6) is 0. The van der Waals surface area contributed by atoms with Gasteiger partial charge in [-0.3, -0.25) is 0 Å². The number of hydrogen-bond donors (Lipinski definition) is 1. The summed E-state index contributed by atoms with van der Waals surface area (Å²) in [6, 6.07) is 10.0. The fourth-order valence-electron chi connectivity index (χ4n) is 2.96. The number of aliphatic hydroxyl groups excluding tert-OH is 1. The zero-order valence-corrected chi connectivity index (χ0v) is 9.97. The predicted molar refractivity (Wildman–Crippen MR) is 65.8 cm³/mol. The first kappa shape index (κ1) is 10.8. The molecule has 17 heavy (non-hydrogen) atoms. The number of rotatable bonds is 1. The quantitative estimate of drug-likeness (QED) is 0.806. The van der Waals surface area contributed by atoms with Crippen molar-refractivity contribution in [2.24, 2.45) is 10.6 Å². The Hall–Kier alpha value is -1.35. The Bertz CT molecular complexity index is 443. The van der Waals surface area contributed by atoms with Gasteiger partial charge < -0.3 is 9.94 Å². The Balaban J connectivity index is 2.01. The topological polar surface area (TPSA) is 41.8 Å². The summed E-state index contributed by atoms with van der Waals surface area (Å²) in [4.78, 5) is 5.53. The maximum absolute atomic E-state index is 10.3. The summed E-state index contributed by atoms with van der Waals surface area (Å²) in [6.45, 7) is 2.07. The highest BCUT2D eigenvalue weighted by Crippen LogP contribution is 2.45. The second-order valence-corrected chi connectivity index (χ2v) is 5.13. The van der Waals surface area contributed by atoms with Gasteiger partial charge in [-0.15, -0.1) is 0 Å². The molecule has 1 fully saturated rings. The third-order valence-corrected chi connectivity index (χ3v) is 4.13. The van der Waals surface area contributed by atoms with E-state index in [1.54, 1.807) is 0 Å². The molecule has 3 atom stereocenters. The zero-order valence-electron chi connectivity index (χ0n) is 9.97. The average molecular weight is 231 g/mol. The molecule has 1 aromatic rings. The van der Waals surface area contributed by atoms with Crippen LogP contribution in [-0.2, 0) is 4.84 Å². The van der Waals surface area contributed by atoms with Crippen molar-refractivity contribution >= 4 is 5.71 Å². The Morgan fingerprint density at radius 1 is 1.29 bits per heavy atom. The number of nitrogens with zero attached hydrogens (tertiary/aromatic N) is 1. The minimum atomic E-state index is -0.359. The van der Waals surface area contributed by atoms with E-state index < -0.39 is 0 Å². The third-order valence-electron chi connectivity index (χ3n) is 4.13. The molecular formula is C14H17NO2. The maximum atomic E-state index is 10.3. The van der Waals surface area contributed by atoms with Crippen LogP contribution in [0.4, 0.5) is 0 Å². The molecule has 3 heteroatoms. The Kier molecular flexibility index (Phi) is 2.44. The summed E-state index contributed by atoms with van der Waals surface area (Å²) in [6.07, 6.45) is 2.50. The first-order valence-electron chi connectivity index (χ1n) is 6.20. The van der Waals surface area contributed by atoms with Gasteiger partial charge in [0.2, 0.25) is 0 Å². The lowest BCUT2D eigenvalue weighted by Gasteiger charge is -2.38. The van der Waals surface area contributed by atoms with Crippen molar-refractivity contribution < 1.29 is 9.94 Å². The molecule has 1 aliphatic carbocycles. The van der Waals surface area contributed by atoms with Crippen molar-refractivity contribution in [2.45, 2.75) is 38.4 Å². The maximum Gasteiger partial charge on any atom is 0.141 e. The minimum Gasteiger partial charge on any atom is -0.392 e. The second-order valence-electron chi connectivity index (χ2n) is 5.13. The predicted octanol–water partition coefficient (Wildman–Crippen LogP) is 2.34. The van der Waals surface area contributed by atoms with Gasteiger partial charge in [-0.25, -0.2) is 0 Å². The van der Waals surface area contributed by atoms with Crippen molar-refractivity contribution in [3.8, 4) is 0 Å². The zero-order chi connectivity index (χ0) is 11.9. The van der Waals surface area contributed by atoms with Gasteiger partial charge in [0.05, 0.1) is 17.2 Å². The van der Waals surface area contributed by atoms with Gasteiger partial charge in [-0.05, 0) is 26.2 Å². The van der Waals surface area contributed by atoms with Gasteiger partial charge >= 0.3 is 0 Å². The van der Waals surface area contributed by atoms with Crippen LogP contribution in [0.3, 0.4) is 0 Å². The second kappa shape index (κ2) is 3.84. The summed E-state index contributed by atoms with van der Waals surface area (Å²) >= 11 is 0. The third kappa shape index (κ3) is 1.49. The van der Waals surface area contributed by atoms with Crippen molar-refractivity contribution in [2.75, 3.05) is 0 Å². The average Bonchev–Trinajstić information content (AvgIpc) is 2.70. The monoisotopic (exact) mass is 231 g/mol. The Labute approximate surface area is 101 Å². The van der Waals surface area contributed by atoms with E-state index in [4.69, 9.17) is 4.84 Å². The molecule has 90 valence electrons. The lowest BCUT2D eigenvalue weighted by atomic mass is 9.67. The minimum absolute atomic E-state index is 0.0291. The molecule has 0 aromatic heterocycles. The highest BCUT2D eigenvalue weighted by Gasteiger charge is 2.53. The Morgan fingerprint density at radius 2 is 2.06 bits per heavy atom. The van der Waals surface area contributed by atoms with E-state index in [1.807, 2.05) is 30.3 Å². The van der Waals surface area contributed by atoms with Crippen LogP contribution in [0.25, 0.3) is 0 Å². The molecule has 1 N–H and O–H groups in total. The van der Waals surface area contributed by atoms with E-state index in [0.717, 1.165) is 30.5 Å². The summed E-state index contributed by atoms with van der Waals surface area (Å²) in [5.41, 5.74) is 1.60. The van der Waals surface area contributed by atoms with Gasteiger partial charge in [0.1, 0.15) is 6.10 Å². The molecule has 0 saturated heterocycles. The van der Waals surface area contributed by atoms with Gasteiger partial charge in [-0.1, -0.05) is 35.5 Å². The Morgan fingerprint density at radius 3 is 2.82 bits per heavy atom. The number of aliphatic hydroxyl groups is 1. The highest BCUT2D eigenvalue weighted by atomic mass is 16.6. The molecule has 2 aliphatic rings. The van der Waals surface area contributed by atoms with E-state index in [0.29, 0.717) is 0 Å². The molecule has 0 bridgehead atoms. The van der Waals surface area contributed by atoms with Crippen molar-refractivity contribution in [1.29, 1.82) is 0 Å². The van der Waals surface area contributed by atoms with Gasteiger partial charge in [0.15, 0.2) is 0 Å². The number of hydrogen-bond acceptors (Lipinski definition) is 3. The molecule has 0 spiro atoms. The van der Waals surface area contributed by atoms with Crippen molar-refractivity contribution in [1.82, 2.24) is 0 Å². The lowest BCUT2D eigenvalue weighted by Crippen LogP contribution is -2.49. The SMILES string of the molecule is C[C@]12C(c3ccccc3)=NO[C@H]1CCC[C@H]2O. The van der Waals surface area contributed by atoms with Gasteiger partial charge in [0, 0.05) is 5.56 Å². The molecule has 1 aliphatic heterocycles. The van der Waals surface area contributed by atoms with E-state index >= 15 is 0 Å². The van der Waals surface area contributed by atoms with Crippen molar-refractivity contribution in [3.63, 3.8) is 0 Å². The van der Waals surface area contributed by atoms with E-state index in [9.17, 15) is 5.11 Å². The number of oxime groups is 1. The summed E-state index contributed by atoms with van der Waals surface area (Å²) in [5, 5.41) is 14.5. The fourth-order valence-corrected chi connectivity index (χ4v) is 2.96. The van der Waals surface area contributed by atoms with Crippen LogP contribution in [0.5, 0.6) is 0 Å². The summed E-state index contributed by atoms with van der Waals surface area (Å²) in [7, 11) is 0.